The number of nitrogens with one attached hydrogen (secondary N) is 1. The molecular formula is C22H28N6O3S. The molecule has 0 radical (unpaired) electrons. The minimum Gasteiger partial charge on any atom is -0.342 e. The van der Waals surface area contributed by atoms with E-state index >= 15 is 0 Å². The van der Waals surface area contributed by atoms with Gasteiger partial charge in [0.1, 0.15) is 17.5 Å². The molecule has 32 heavy (non-hydrogen) atoms. The zero-order chi connectivity index (χ0) is 22.1. The minimum absolute atomic E-state index is 0.0452. The highest BCUT2D eigenvalue weighted by molar-refractivity contribution is 7.90. The van der Waals surface area contributed by atoms with Gasteiger partial charge in [-0.15, -0.1) is 10.2 Å². The first kappa shape index (κ1) is 21.1. The Labute approximate surface area is 188 Å². The predicted octanol–water partition coefficient (Wildman–Crippen LogP) is 1.84. The first-order valence-electron chi connectivity index (χ1n) is 11.4. The number of rotatable bonds is 4. The lowest BCUT2D eigenvalue weighted by Gasteiger charge is -2.32. The standard InChI is InChI=1S/C22H28N6O3S/c29-20(11-12-23-21-17-8-3-4-9-18(17)32(30,31)26-21)27-13-6-7-16(15-27)22-25-24-19-10-2-1-5-14-28(19)22/h3-4,8-9,16H,1-2,5-7,10-15H2,(H,23,26). The van der Waals surface area contributed by atoms with E-state index in [-0.39, 0.29) is 29.7 Å². The molecule has 170 valence electrons. The topological polar surface area (TPSA) is 110 Å². The summed E-state index contributed by atoms with van der Waals surface area (Å²) in [5, 5.41) is 8.92. The molecule has 4 heterocycles. The van der Waals surface area contributed by atoms with E-state index in [9.17, 15) is 13.2 Å². The van der Waals surface area contributed by atoms with Crippen LogP contribution in [0.2, 0.25) is 0 Å². The van der Waals surface area contributed by atoms with Gasteiger partial charge >= 0.3 is 0 Å². The van der Waals surface area contributed by atoms with Gasteiger partial charge in [0.15, 0.2) is 0 Å². The molecule has 0 bridgehead atoms. The van der Waals surface area contributed by atoms with Crippen LogP contribution in [0.4, 0.5) is 0 Å². The number of sulfonamides is 1. The Balaban J connectivity index is 1.23. The van der Waals surface area contributed by atoms with Crippen molar-refractivity contribution in [1.29, 1.82) is 0 Å². The van der Waals surface area contributed by atoms with Gasteiger partial charge in [0, 0.05) is 44.0 Å². The molecule has 1 saturated heterocycles. The highest BCUT2D eigenvalue weighted by atomic mass is 32.2. The van der Waals surface area contributed by atoms with Gasteiger partial charge in [0.25, 0.3) is 10.0 Å². The number of benzene rings is 1. The van der Waals surface area contributed by atoms with Gasteiger partial charge in [-0.25, -0.2) is 8.42 Å². The number of piperidine rings is 1. The lowest BCUT2D eigenvalue weighted by Crippen LogP contribution is -2.40. The van der Waals surface area contributed by atoms with Crippen LogP contribution < -0.4 is 4.72 Å². The van der Waals surface area contributed by atoms with E-state index in [1.807, 2.05) is 4.90 Å². The number of carbonyl (C=O) groups excluding carboxylic acids is 1. The maximum absolute atomic E-state index is 12.9. The number of aliphatic imine (C=N–C) groups is 1. The molecule has 0 saturated carbocycles. The van der Waals surface area contributed by atoms with Crippen molar-refractivity contribution in [1.82, 2.24) is 24.4 Å². The van der Waals surface area contributed by atoms with E-state index in [1.165, 1.54) is 6.42 Å². The molecule has 1 aromatic heterocycles. The van der Waals surface area contributed by atoms with Crippen LogP contribution in [0.5, 0.6) is 0 Å². The van der Waals surface area contributed by atoms with E-state index in [1.54, 1.807) is 24.3 Å². The molecule has 1 unspecified atom stereocenters. The zero-order valence-electron chi connectivity index (χ0n) is 18.0. The smallest absolute Gasteiger partial charge is 0.263 e. The number of fused-ring (bicyclic) bond motifs is 2. The Hall–Kier alpha value is -2.75. The molecule has 0 spiro atoms. The minimum atomic E-state index is -3.56. The predicted molar refractivity (Wildman–Crippen MR) is 119 cm³/mol. The lowest BCUT2D eigenvalue weighted by molar-refractivity contribution is -0.132. The number of nitrogens with zero attached hydrogens (tertiary/aromatic N) is 5. The van der Waals surface area contributed by atoms with E-state index in [0.29, 0.717) is 17.9 Å². The third-order valence-electron chi connectivity index (χ3n) is 6.54. The van der Waals surface area contributed by atoms with Crippen LogP contribution in [0.1, 0.15) is 61.7 Å². The average molecular weight is 457 g/mol. The molecule has 1 N–H and O–H groups in total. The van der Waals surface area contributed by atoms with Gasteiger partial charge in [0.05, 0.1) is 11.4 Å². The van der Waals surface area contributed by atoms with Gasteiger partial charge in [-0.1, -0.05) is 18.6 Å². The molecule has 1 amide bonds. The highest BCUT2D eigenvalue weighted by Crippen LogP contribution is 2.28. The third-order valence-corrected chi connectivity index (χ3v) is 7.93. The zero-order valence-corrected chi connectivity index (χ0v) is 18.9. The second kappa shape index (κ2) is 8.65. The Kier molecular flexibility index (Phi) is 5.71. The maximum atomic E-state index is 12.9. The van der Waals surface area contributed by atoms with Crippen LogP contribution in [0.25, 0.3) is 0 Å². The van der Waals surface area contributed by atoms with E-state index < -0.39 is 10.0 Å². The van der Waals surface area contributed by atoms with Gasteiger partial charge in [0.2, 0.25) is 5.91 Å². The Morgan fingerprint density at radius 2 is 2.00 bits per heavy atom. The van der Waals surface area contributed by atoms with Gasteiger partial charge in [-0.05, 0) is 37.8 Å². The van der Waals surface area contributed by atoms with Crippen molar-refractivity contribution >= 4 is 21.8 Å². The van der Waals surface area contributed by atoms with E-state index in [0.717, 1.165) is 56.8 Å². The molecule has 3 aliphatic rings. The van der Waals surface area contributed by atoms with Gasteiger partial charge in [-0.3, -0.25) is 14.5 Å². The summed E-state index contributed by atoms with van der Waals surface area (Å²) in [6.45, 7) is 2.61. The number of carbonyl (C=O) groups is 1. The Morgan fingerprint density at radius 1 is 1.12 bits per heavy atom. The van der Waals surface area contributed by atoms with Crippen LogP contribution in [0, 0.1) is 0 Å². The summed E-state index contributed by atoms with van der Waals surface area (Å²) in [4.78, 5) is 19.4. The summed E-state index contributed by atoms with van der Waals surface area (Å²) in [5.41, 5.74) is 0.561. The summed E-state index contributed by atoms with van der Waals surface area (Å²) in [7, 11) is -3.56. The fourth-order valence-electron chi connectivity index (χ4n) is 4.90. The second-order valence-electron chi connectivity index (χ2n) is 8.70. The average Bonchev–Trinajstić information content (AvgIpc) is 3.21. The van der Waals surface area contributed by atoms with Crippen LogP contribution in [0.15, 0.2) is 34.2 Å². The first-order valence-corrected chi connectivity index (χ1v) is 12.9. The van der Waals surface area contributed by atoms with E-state index in [2.05, 4.69) is 24.5 Å². The van der Waals surface area contributed by atoms with Crippen molar-refractivity contribution in [2.75, 3.05) is 19.6 Å². The van der Waals surface area contributed by atoms with Gasteiger partial charge in [-0.2, -0.15) is 0 Å². The van der Waals surface area contributed by atoms with Crippen molar-refractivity contribution in [2.24, 2.45) is 4.99 Å². The van der Waals surface area contributed by atoms with Crippen molar-refractivity contribution in [2.45, 2.75) is 62.3 Å². The Morgan fingerprint density at radius 3 is 2.91 bits per heavy atom. The maximum Gasteiger partial charge on any atom is 0.263 e. The molecule has 1 fully saturated rings. The highest BCUT2D eigenvalue weighted by Gasteiger charge is 2.31. The summed E-state index contributed by atoms with van der Waals surface area (Å²) in [6, 6.07) is 6.75. The molecule has 10 heteroatoms. The molecule has 3 aliphatic heterocycles. The molecule has 0 aliphatic carbocycles. The normalized spacial score (nSPS) is 23.3. The van der Waals surface area contributed by atoms with Crippen LogP contribution >= 0.6 is 0 Å². The Bertz CT molecular complexity index is 1160. The number of hydrogen-bond acceptors (Lipinski definition) is 6. The van der Waals surface area contributed by atoms with Crippen LogP contribution in [-0.2, 0) is 27.8 Å². The lowest BCUT2D eigenvalue weighted by atomic mass is 9.96. The molecule has 1 atom stereocenters. The molecule has 2 aromatic rings. The molecule has 9 nitrogen and oxygen atoms in total. The fourth-order valence-corrected chi connectivity index (χ4v) is 6.15. The largest absolute Gasteiger partial charge is 0.342 e. The second-order valence-corrected chi connectivity index (χ2v) is 10.3. The number of amides is 1. The summed E-state index contributed by atoms with van der Waals surface area (Å²) >= 11 is 0. The van der Waals surface area contributed by atoms with Gasteiger partial charge < -0.3 is 9.47 Å². The summed E-state index contributed by atoms with van der Waals surface area (Å²) in [6.07, 6.45) is 6.73. The number of likely N-dealkylation sites (tertiary alicyclic amines) is 1. The van der Waals surface area contributed by atoms with Crippen LogP contribution in [-0.4, -0.2) is 59.5 Å². The molecule has 1 aromatic carbocycles. The fraction of sp³-hybridized carbons (Fsp3) is 0.545. The molecular weight excluding hydrogens is 428 g/mol. The number of hydrogen-bond donors (Lipinski definition) is 1. The SMILES string of the molecule is O=C(CCN=C1NS(=O)(=O)c2ccccc21)N1CCCC(c2nnc3n2CCCCC3)C1. The van der Waals surface area contributed by atoms with Crippen molar-refractivity contribution < 1.29 is 13.2 Å². The molecule has 5 rings (SSSR count). The van der Waals surface area contributed by atoms with Crippen LogP contribution in [0.3, 0.4) is 0 Å². The quantitative estimate of drug-likeness (QED) is 0.755. The first-order chi connectivity index (χ1) is 15.5. The number of aromatic nitrogens is 3. The monoisotopic (exact) mass is 456 g/mol. The number of aryl methyl sites for hydroxylation is 1. The van der Waals surface area contributed by atoms with Crippen molar-refractivity contribution in [3.8, 4) is 0 Å². The van der Waals surface area contributed by atoms with E-state index in [4.69, 9.17) is 0 Å². The third kappa shape index (κ3) is 4.03. The van der Waals surface area contributed by atoms with Crippen molar-refractivity contribution in [3.05, 3.63) is 41.5 Å². The number of amidine groups is 1. The summed E-state index contributed by atoms with van der Waals surface area (Å²) in [5.74, 6) is 2.68. The summed E-state index contributed by atoms with van der Waals surface area (Å²) < 4.78 is 29.2. The van der Waals surface area contributed by atoms with Crippen molar-refractivity contribution in [3.63, 3.8) is 0 Å².